The molecule has 0 aromatic heterocycles. The Morgan fingerprint density at radius 3 is 2.48 bits per heavy atom. The summed E-state index contributed by atoms with van der Waals surface area (Å²) in [6.45, 7) is 4.05. The maximum atomic E-state index is 13.1. The Balaban J connectivity index is 1.86. The fraction of sp³-hybridized carbons (Fsp3) is 0.611. The second-order valence-corrected chi connectivity index (χ2v) is 8.75. The second kappa shape index (κ2) is 7.05. The molecular weight excluding hydrogens is 340 g/mol. The molecule has 1 aromatic rings. The van der Waals surface area contributed by atoms with Gasteiger partial charge in [-0.25, -0.2) is 8.42 Å². The number of rotatable bonds is 7. The van der Waals surface area contributed by atoms with Gasteiger partial charge < -0.3 is 10.1 Å². The highest BCUT2D eigenvalue weighted by Gasteiger charge is 2.52. The lowest BCUT2D eigenvalue weighted by Gasteiger charge is -2.27. The van der Waals surface area contributed by atoms with Crippen molar-refractivity contribution in [1.82, 2.24) is 9.62 Å². The van der Waals surface area contributed by atoms with E-state index in [1.165, 1.54) is 7.11 Å². The molecule has 0 spiro atoms. The van der Waals surface area contributed by atoms with Crippen LogP contribution in [0.3, 0.4) is 0 Å². The molecule has 3 rings (SSSR count). The molecule has 1 atom stereocenters. The van der Waals surface area contributed by atoms with Gasteiger partial charge in [0.05, 0.1) is 17.4 Å². The summed E-state index contributed by atoms with van der Waals surface area (Å²) in [4.78, 5) is 12.3. The lowest BCUT2D eigenvalue weighted by Crippen LogP contribution is -2.42. The number of hydrogen-bond acceptors (Lipinski definition) is 5. The number of esters is 1. The standard InChI is InChI=1S/C18H26N2O4S/c1-3-12-20(15-8-11-19-13-15)25(22,23)16-6-4-14(5-7-16)18(9-10-18)17(21)24-2/h4-7,15,19H,3,8-13H2,1-2H3. The lowest BCUT2D eigenvalue weighted by atomic mass is 9.96. The molecule has 0 radical (unpaired) electrons. The van der Waals surface area contributed by atoms with Crippen molar-refractivity contribution in [1.29, 1.82) is 0 Å². The van der Waals surface area contributed by atoms with Crippen LogP contribution in [0, 0.1) is 0 Å². The van der Waals surface area contributed by atoms with Gasteiger partial charge in [-0.05, 0) is 49.9 Å². The largest absolute Gasteiger partial charge is 0.468 e. The zero-order valence-electron chi connectivity index (χ0n) is 14.8. The highest BCUT2D eigenvalue weighted by Crippen LogP contribution is 2.49. The van der Waals surface area contributed by atoms with Gasteiger partial charge in [0.25, 0.3) is 0 Å². The molecule has 1 saturated heterocycles. The average Bonchev–Trinajstić information content (AvgIpc) is 3.27. The predicted molar refractivity (Wildman–Crippen MR) is 94.8 cm³/mol. The van der Waals surface area contributed by atoms with E-state index < -0.39 is 15.4 Å². The van der Waals surface area contributed by atoms with Gasteiger partial charge in [0.1, 0.15) is 0 Å². The molecule has 1 aliphatic heterocycles. The molecule has 1 unspecified atom stereocenters. The summed E-state index contributed by atoms with van der Waals surface area (Å²) in [5.41, 5.74) is 0.262. The van der Waals surface area contributed by atoms with Crippen molar-refractivity contribution in [2.75, 3.05) is 26.7 Å². The van der Waals surface area contributed by atoms with Gasteiger partial charge in [0, 0.05) is 19.1 Å². The smallest absolute Gasteiger partial charge is 0.316 e. The SMILES string of the molecule is CCCN(C1CCNC1)S(=O)(=O)c1ccc(C2(C(=O)OC)CC2)cc1. The van der Waals surface area contributed by atoms with Crippen LogP contribution in [0.1, 0.15) is 38.2 Å². The number of ether oxygens (including phenoxy) is 1. The fourth-order valence-corrected chi connectivity index (χ4v) is 5.36. The Morgan fingerprint density at radius 2 is 2.00 bits per heavy atom. The van der Waals surface area contributed by atoms with E-state index in [0.29, 0.717) is 13.1 Å². The van der Waals surface area contributed by atoms with Gasteiger partial charge in [-0.3, -0.25) is 4.79 Å². The third-order valence-electron chi connectivity index (χ3n) is 5.23. The topological polar surface area (TPSA) is 75.7 Å². The van der Waals surface area contributed by atoms with E-state index in [-0.39, 0.29) is 16.9 Å². The Hall–Kier alpha value is -1.44. The Morgan fingerprint density at radius 1 is 1.32 bits per heavy atom. The van der Waals surface area contributed by atoms with Crippen LogP contribution < -0.4 is 5.32 Å². The number of nitrogens with zero attached hydrogens (tertiary/aromatic N) is 1. The summed E-state index contributed by atoms with van der Waals surface area (Å²) in [6.07, 6.45) is 3.12. The number of hydrogen-bond donors (Lipinski definition) is 1. The summed E-state index contributed by atoms with van der Waals surface area (Å²) in [5, 5.41) is 3.23. The lowest BCUT2D eigenvalue weighted by molar-refractivity contribution is -0.143. The molecule has 1 aromatic carbocycles. The van der Waals surface area contributed by atoms with Crippen LogP contribution in [0.25, 0.3) is 0 Å². The van der Waals surface area contributed by atoms with Crippen LogP contribution >= 0.6 is 0 Å². The molecule has 0 bridgehead atoms. The molecule has 1 heterocycles. The molecule has 138 valence electrons. The third kappa shape index (κ3) is 3.32. The Kier molecular flexibility index (Phi) is 5.18. The van der Waals surface area contributed by atoms with E-state index in [1.807, 2.05) is 6.92 Å². The normalized spacial score (nSPS) is 22.1. The van der Waals surface area contributed by atoms with Gasteiger partial charge in [0.2, 0.25) is 10.0 Å². The average molecular weight is 366 g/mol. The molecule has 1 N–H and O–H groups in total. The maximum absolute atomic E-state index is 13.1. The monoisotopic (exact) mass is 366 g/mol. The molecule has 0 amide bonds. The zero-order valence-corrected chi connectivity index (χ0v) is 15.6. The number of carbonyl (C=O) groups is 1. The van der Waals surface area contributed by atoms with E-state index in [9.17, 15) is 13.2 Å². The summed E-state index contributed by atoms with van der Waals surface area (Å²) in [5.74, 6) is -0.243. The zero-order chi connectivity index (χ0) is 18.1. The highest BCUT2D eigenvalue weighted by molar-refractivity contribution is 7.89. The maximum Gasteiger partial charge on any atom is 0.316 e. The molecule has 2 fully saturated rings. The fourth-order valence-electron chi connectivity index (χ4n) is 3.62. The van der Waals surface area contributed by atoms with Gasteiger partial charge in [-0.15, -0.1) is 0 Å². The first-order chi connectivity index (χ1) is 12.0. The van der Waals surface area contributed by atoms with Gasteiger partial charge in [-0.1, -0.05) is 19.1 Å². The summed E-state index contributed by atoms with van der Waals surface area (Å²) in [6, 6.07) is 6.77. The molecule has 6 nitrogen and oxygen atoms in total. The number of nitrogens with one attached hydrogen (secondary N) is 1. The second-order valence-electron chi connectivity index (χ2n) is 6.86. The van der Waals surface area contributed by atoms with Crippen LogP contribution in [-0.2, 0) is 25.0 Å². The van der Waals surface area contributed by atoms with Gasteiger partial charge in [-0.2, -0.15) is 4.31 Å². The van der Waals surface area contributed by atoms with Gasteiger partial charge in [0.15, 0.2) is 0 Å². The third-order valence-corrected chi connectivity index (χ3v) is 7.19. The number of methoxy groups -OCH3 is 1. The van der Waals surface area contributed by atoms with E-state index in [0.717, 1.165) is 37.8 Å². The summed E-state index contributed by atoms with van der Waals surface area (Å²) < 4.78 is 32.7. The van der Waals surface area contributed by atoms with E-state index in [1.54, 1.807) is 28.6 Å². The van der Waals surface area contributed by atoms with E-state index >= 15 is 0 Å². The Labute approximate surface area is 149 Å². The van der Waals surface area contributed by atoms with Crippen LogP contribution in [0.5, 0.6) is 0 Å². The van der Waals surface area contributed by atoms with Crippen molar-refractivity contribution in [3.05, 3.63) is 29.8 Å². The van der Waals surface area contributed by atoms with Crippen molar-refractivity contribution < 1.29 is 17.9 Å². The van der Waals surface area contributed by atoms with Crippen molar-refractivity contribution in [2.24, 2.45) is 0 Å². The van der Waals surface area contributed by atoms with Crippen LogP contribution in [-0.4, -0.2) is 51.5 Å². The van der Waals surface area contributed by atoms with Crippen molar-refractivity contribution in [3.8, 4) is 0 Å². The minimum Gasteiger partial charge on any atom is -0.468 e. The number of carbonyl (C=O) groups excluding carboxylic acids is 1. The molecule has 1 saturated carbocycles. The summed E-state index contributed by atoms with van der Waals surface area (Å²) in [7, 11) is -2.15. The number of sulfonamides is 1. The first-order valence-corrected chi connectivity index (χ1v) is 10.3. The Bertz CT molecular complexity index is 720. The first kappa shape index (κ1) is 18.4. The van der Waals surface area contributed by atoms with Crippen molar-refractivity contribution in [3.63, 3.8) is 0 Å². The summed E-state index contributed by atoms with van der Waals surface area (Å²) >= 11 is 0. The molecule has 2 aliphatic rings. The van der Waals surface area contributed by atoms with Crippen LogP contribution in [0.2, 0.25) is 0 Å². The molecule has 25 heavy (non-hydrogen) atoms. The molecule has 7 heteroatoms. The van der Waals surface area contributed by atoms with Gasteiger partial charge >= 0.3 is 5.97 Å². The minimum absolute atomic E-state index is 0.00877. The van der Waals surface area contributed by atoms with Crippen LogP contribution in [0.4, 0.5) is 0 Å². The van der Waals surface area contributed by atoms with Crippen LogP contribution in [0.15, 0.2) is 29.2 Å². The quantitative estimate of drug-likeness (QED) is 0.743. The van der Waals surface area contributed by atoms with E-state index in [4.69, 9.17) is 4.74 Å². The highest BCUT2D eigenvalue weighted by atomic mass is 32.2. The number of benzene rings is 1. The van der Waals surface area contributed by atoms with Crippen molar-refractivity contribution in [2.45, 2.75) is 49.0 Å². The van der Waals surface area contributed by atoms with Crippen molar-refractivity contribution >= 4 is 16.0 Å². The molecular formula is C18H26N2O4S. The minimum atomic E-state index is -3.54. The molecule has 1 aliphatic carbocycles. The first-order valence-electron chi connectivity index (χ1n) is 8.87. The van der Waals surface area contributed by atoms with E-state index in [2.05, 4.69) is 5.32 Å². The predicted octanol–water partition coefficient (Wildman–Crippen LogP) is 1.65.